The van der Waals surface area contributed by atoms with Crippen molar-refractivity contribution < 1.29 is 0 Å². The molecular weight excluding hydrogens is 216 g/mol. The molecule has 0 saturated heterocycles. The van der Waals surface area contributed by atoms with Crippen LogP contribution in [0.2, 0.25) is 0 Å². The number of nitrogens with zero attached hydrogens (tertiary/aromatic N) is 6. The third-order valence-electron chi connectivity index (χ3n) is 2.79. The van der Waals surface area contributed by atoms with Crippen LogP contribution >= 0.6 is 0 Å². The van der Waals surface area contributed by atoms with E-state index >= 15 is 0 Å². The van der Waals surface area contributed by atoms with Gasteiger partial charge in [-0.3, -0.25) is 4.68 Å². The topological polar surface area (TPSA) is 60.9 Å². The van der Waals surface area contributed by atoms with Crippen molar-refractivity contribution in [2.24, 2.45) is 7.05 Å². The highest BCUT2D eigenvalue weighted by Crippen LogP contribution is 2.18. The molecule has 0 saturated carbocycles. The van der Waals surface area contributed by atoms with Crippen LogP contribution < -0.4 is 0 Å². The van der Waals surface area contributed by atoms with Gasteiger partial charge < -0.3 is 0 Å². The normalized spacial score (nSPS) is 11.2. The summed E-state index contributed by atoms with van der Waals surface area (Å²) in [5.74, 6) is 0.784. The molecule has 17 heavy (non-hydrogen) atoms. The minimum Gasteiger partial charge on any atom is -0.266 e. The average Bonchev–Trinajstić information content (AvgIpc) is 2.86. The molecule has 0 bridgehead atoms. The van der Waals surface area contributed by atoms with Gasteiger partial charge in [-0.25, -0.2) is 0 Å². The van der Waals surface area contributed by atoms with Gasteiger partial charge in [-0.15, -0.1) is 10.2 Å². The lowest BCUT2D eigenvalue weighted by atomic mass is 10.2. The fourth-order valence-corrected chi connectivity index (χ4v) is 1.88. The molecule has 0 amide bonds. The zero-order valence-corrected chi connectivity index (χ0v) is 9.92. The summed E-state index contributed by atoms with van der Waals surface area (Å²) in [5, 5.41) is 16.8. The predicted octanol–water partition coefficient (Wildman–Crippen LogP) is 1.14. The second kappa shape index (κ2) is 3.38. The molecule has 6 heteroatoms. The molecule has 0 fully saturated rings. The Morgan fingerprint density at radius 3 is 2.71 bits per heavy atom. The number of fused-ring (bicyclic) bond motifs is 1. The van der Waals surface area contributed by atoms with Crippen molar-refractivity contribution in [1.82, 2.24) is 29.6 Å². The van der Waals surface area contributed by atoms with Crippen molar-refractivity contribution in [1.29, 1.82) is 0 Å². The van der Waals surface area contributed by atoms with Crippen molar-refractivity contribution in [2.45, 2.75) is 13.8 Å². The second-order valence-corrected chi connectivity index (χ2v) is 4.04. The standard InChI is InChI=1S/C11H12N6/c1-7-6-9(10-4-5-12-16(10)3)15-17-8(2)13-14-11(7)17/h4-6H,1-3H3. The number of aromatic nitrogens is 6. The Hall–Kier alpha value is -2.24. The monoisotopic (exact) mass is 228 g/mol. The summed E-state index contributed by atoms with van der Waals surface area (Å²) < 4.78 is 3.56. The summed E-state index contributed by atoms with van der Waals surface area (Å²) in [4.78, 5) is 0. The Bertz CT molecular complexity index is 693. The number of hydrogen-bond donors (Lipinski definition) is 0. The van der Waals surface area contributed by atoms with E-state index in [1.54, 1.807) is 15.4 Å². The maximum Gasteiger partial charge on any atom is 0.180 e. The zero-order chi connectivity index (χ0) is 12.0. The Balaban J connectivity index is 2.32. The van der Waals surface area contributed by atoms with Crippen LogP contribution in [0.25, 0.3) is 17.0 Å². The Morgan fingerprint density at radius 2 is 2.00 bits per heavy atom. The molecular formula is C11H12N6. The van der Waals surface area contributed by atoms with Gasteiger partial charge in [0.1, 0.15) is 5.69 Å². The highest BCUT2D eigenvalue weighted by molar-refractivity contribution is 5.59. The molecule has 0 atom stereocenters. The van der Waals surface area contributed by atoms with Crippen LogP contribution in [0.4, 0.5) is 0 Å². The maximum atomic E-state index is 4.53. The summed E-state index contributed by atoms with van der Waals surface area (Å²) in [7, 11) is 1.90. The van der Waals surface area contributed by atoms with Crippen LogP contribution in [0, 0.1) is 13.8 Å². The average molecular weight is 228 g/mol. The van der Waals surface area contributed by atoms with E-state index in [-0.39, 0.29) is 0 Å². The Labute approximate surface area is 97.9 Å². The minimum atomic E-state index is 0.784. The van der Waals surface area contributed by atoms with E-state index in [4.69, 9.17) is 0 Å². The van der Waals surface area contributed by atoms with E-state index < -0.39 is 0 Å². The zero-order valence-electron chi connectivity index (χ0n) is 9.92. The molecule has 0 aliphatic carbocycles. The first-order valence-corrected chi connectivity index (χ1v) is 5.35. The molecule has 3 aromatic heterocycles. The van der Waals surface area contributed by atoms with E-state index in [1.807, 2.05) is 33.0 Å². The third-order valence-corrected chi connectivity index (χ3v) is 2.79. The third kappa shape index (κ3) is 1.41. The fourth-order valence-electron chi connectivity index (χ4n) is 1.88. The number of hydrogen-bond acceptors (Lipinski definition) is 4. The van der Waals surface area contributed by atoms with E-state index in [2.05, 4.69) is 20.4 Å². The van der Waals surface area contributed by atoms with Gasteiger partial charge in [0.15, 0.2) is 11.5 Å². The largest absolute Gasteiger partial charge is 0.266 e. The van der Waals surface area contributed by atoms with Gasteiger partial charge in [-0.05, 0) is 31.5 Å². The van der Waals surface area contributed by atoms with Gasteiger partial charge >= 0.3 is 0 Å². The molecule has 0 aliphatic heterocycles. The van der Waals surface area contributed by atoms with Gasteiger partial charge in [-0.2, -0.15) is 14.7 Å². The predicted molar refractivity (Wildman–Crippen MR) is 62.5 cm³/mol. The first-order valence-electron chi connectivity index (χ1n) is 5.35. The lowest BCUT2D eigenvalue weighted by Crippen LogP contribution is -2.02. The van der Waals surface area contributed by atoms with E-state index in [0.29, 0.717) is 0 Å². The van der Waals surface area contributed by atoms with E-state index in [9.17, 15) is 0 Å². The van der Waals surface area contributed by atoms with Gasteiger partial charge in [0, 0.05) is 13.2 Å². The second-order valence-electron chi connectivity index (χ2n) is 4.04. The highest BCUT2D eigenvalue weighted by Gasteiger charge is 2.10. The molecule has 3 heterocycles. The molecule has 0 N–H and O–H groups in total. The van der Waals surface area contributed by atoms with Crippen molar-refractivity contribution in [3.05, 3.63) is 29.7 Å². The van der Waals surface area contributed by atoms with Crippen LogP contribution in [-0.2, 0) is 7.05 Å². The molecule has 86 valence electrons. The highest BCUT2D eigenvalue weighted by atomic mass is 15.4. The molecule has 0 spiro atoms. The Kier molecular flexibility index (Phi) is 1.98. The Morgan fingerprint density at radius 1 is 1.18 bits per heavy atom. The van der Waals surface area contributed by atoms with Crippen LogP contribution in [0.3, 0.4) is 0 Å². The summed E-state index contributed by atoms with van der Waals surface area (Å²) >= 11 is 0. The van der Waals surface area contributed by atoms with Crippen molar-refractivity contribution >= 4 is 5.65 Å². The van der Waals surface area contributed by atoms with Gasteiger partial charge in [0.25, 0.3) is 0 Å². The van der Waals surface area contributed by atoms with Crippen LogP contribution in [0.5, 0.6) is 0 Å². The smallest absolute Gasteiger partial charge is 0.180 e. The minimum absolute atomic E-state index is 0.784. The van der Waals surface area contributed by atoms with Crippen LogP contribution in [0.15, 0.2) is 18.3 Å². The lowest BCUT2D eigenvalue weighted by molar-refractivity contribution is 0.766. The summed E-state index contributed by atoms with van der Waals surface area (Å²) in [5.41, 5.74) is 3.70. The van der Waals surface area contributed by atoms with Crippen molar-refractivity contribution in [3.63, 3.8) is 0 Å². The fraction of sp³-hybridized carbons (Fsp3) is 0.273. The van der Waals surface area contributed by atoms with Gasteiger partial charge in [-0.1, -0.05) is 0 Å². The van der Waals surface area contributed by atoms with Gasteiger partial charge in [0.2, 0.25) is 0 Å². The quantitative estimate of drug-likeness (QED) is 0.626. The molecule has 6 nitrogen and oxygen atoms in total. The molecule has 0 aromatic carbocycles. The first kappa shape index (κ1) is 9.95. The van der Waals surface area contributed by atoms with Gasteiger partial charge in [0.05, 0.1) is 5.69 Å². The van der Waals surface area contributed by atoms with Crippen LogP contribution in [-0.4, -0.2) is 29.6 Å². The maximum absolute atomic E-state index is 4.53. The first-order chi connectivity index (χ1) is 8.16. The van der Waals surface area contributed by atoms with E-state index in [1.165, 1.54) is 0 Å². The molecule has 0 aliphatic rings. The molecule has 0 unspecified atom stereocenters. The van der Waals surface area contributed by atoms with Crippen LogP contribution in [0.1, 0.15) is 11.4 Å². The lowest BCUT2D eigenvalue weighted by Gasteiger charge is -2.04. The molecule has 0 radical (unpaired) electrons. The van der Waals surface area contributed by atoms with Crippen molar-refractivity contribution in [3.8, 4) is 11.4 Å². The summed E-state index contributed by atoms with van der Waals surface area (Å²) in [6, 6.07) is 3.94. The van der Waals surface area contributed by atoms with Crippen molar-refractivity contribution in [2.75, 3.05) is 0 Å². The number of aryl methyl sites for hydroxylation is 3. The van der Waals surface area contributed by atoms with E-state index in [0.717, 1.165) is 28.4 Å². The molecule has 3 rings (SSSR count). The summed E-state index contributed by atoms with van der Waals surface area (Å²) in [6.45, 7) is 3.89. The SMILES string of the molecule is Cc1cc(-c2ccnn2C)nn2c(C)nnc12. The number of rotatable bonds is 1. The molecule has 3 aromatic rings. The summed E-state index contributed by atoms with van der Waals surface area (Å²) in [6.07, 6.45) is 1.76.